The van der Waals surface area contributed by atoms with Crippen molar-refractivity contribution in [2.45, 2.75) is 0 Å². The van der Waals surface area contributed by atoms with Gasteiger partial charge in [0.05, 0.1) is 11.0 Å². The summed E-state index contributed by atoms with van der Waals surface area (Å²) in [6.45, 7) is 3.87. The van der Waals surface area contributed by atoms with E-state index in [2.05, 4.69) is 64.7 Å². The summed E-state index contributed by atoms with van der Waals surface area (Å²) >= 11 is 0. The average Bonchev–Trinajstić information content (AvgIpc) is 3.24. The highest BCUT2D eigenvalue weighted by atomic mass is 16.3. The molecule has 0 saturated heterocycles. The first-order valence-corrected chi connectivity index (χ1v) is 7.77. The van der Waals surface area contributed by atoms with Gasteiger partial charge in [0.25, 0.3) is 0 Å². The minimum atomic E-state index is 0.845. The van der Waals surface area contributed by atoms with Gasteiger partial charge >= 0.3 is 0 Å². The normalized spacial score (nSPS) is 10.7. The topological polar surface area (TPSA) is 31.0 Å². The van der Waals surface area contributed by atoms with Crippen molar-refractivity contribution in [3.63, 3.8) is 0 Å². The van der Waals surface area contributed by atoms with Crippen LogP contribution in [0.1, 0.15) is 0 Å². The Morgan fingerprint density at radius 2 is 1.38 bits per heavy atom. The number of hydrogen-bond donors (Lipinski definition) is 0. The standard InChI is InChI=1S/C14H11N.C7H5NO/c1-2-15-13-9-5-3-7-11(13)12-8-4-6-10-14(12)15;1-2-4-7-6(3-1)8-5-9-7/h2-10H,1H2;1-5H. The van der Waals surface area contributed by atoms with Crippen LogP contribution in [-0.2, 0) is 0 Å². The fourth-order valence-corrected chi connectivity index (χ4v) is 2.95. The summed E-state index contributed by atoms with van der Waals surface area (Å²) in [5.41, 5.74) is 4.19. The van der Waals surface area contributed by atoms with Crippen LogP contribution in [0, 0.1) is 0 Å². The van der Waals surface area contributed by atoms with E-state index < -0.39 is 0 Å². The van der Waals surface area contributed by atoms with Crippen molar-refractivity contribution >= 4 is 39.1 Å². The SMILES string of the molecule is C=Cn1c2ccccc2c2ccccc21.c1ccc2ocnc2c1. The molecule has 0 aliphatic carbocycles. The van der Waals surface area contributed by atoms with Gasteiger partial charge in [0.1, 0.15) is 5.52 Å². The predicted octanol–water partition coefficient (Wildman–Crippen LogP) is 5.72. The highest BCUT2D eigenvalue weighted by Gasteiger charge is 2.06. The molecule has 0 amide bonds. The van der Waals surface area contributed by atoms with Gasteiger partial charge in [-0.15, -0.1) is 0 Å². The van der Waals surface area contributed by atoms with Gasteiger partial charge < -0.3 is 8.98 Å². The number of aromatic nitrogens is 2. The third kappa shape index (κ3) is 2.36. The Bertz CT molecular complexity index is 1050. The number of hydrogen-bond acceptors (Lipinski definition) is 2. The maximum atomic E-state index is 5.01. The number of fused-ring (bicyclic) bond motifs is 4. The Hall–Kier alpha value is -3.33. The monoisotopic (exact) mass is 312 g/mol. The Labute approximate surface area is 139 Å². The van der Waals surface area contributed by atoms with E-state index in [0.717, 1.165) is 11.1 Å². The van der Waals surface area contributed by atoms with E-state index in [0.29, 0.717) is 0 Å². The smallest absolute Gasteiger partial charge is 0.181 e. The molecule has 0 spiro atoms. The molecule has 0 atom stereocenters. The lowest BCUT2D eigenvalue weighted by atomic mass is 10.2. The van der Waals surface area contributed by atoms with Crippen LogP contribution in [0.25, 0.3) is 39.1 Å². The largest absolute Gasteiger partial charge is 0.443 e. The molecule has 24 heavy (non-hydrogen) atoms. The Kier molecular flexibility index (Phi) is 3.60. The number of nitrogens with zero attached hydrogens (tertiary/aromatic N) is 2. The van der Waals surface area contributed by atoms with Crippen molar-refractivity contribution in [2.75, 3.05) is 0 Å². The van der Waals surface area contributed by atoms with Crippen LogP contribution in [0.5, 0.6) is 0 Å². The summed E-state index contributed by atoms with van der Waals surface area (Å²) in [6.07, 6.45) is 3.31. The molecular weight excluding hydrogens is 296 g/mol. The second-order valence-electron chi connectivity index (χ2n) is 5.41. The van der Waals surface area contributed by atoms with E-state index in [-0.39, 0.29) is 0 Å². The molecule has 116 valence electrons. The summed E-state index contributed by atoms with van der Waals surface area (Å²) in [5, 5.41) is 2.57. The molecule has 0 N–H and O–H groups in total. The fourth-order valence-electron chi connectivity index (χ4n) is 2.95. The van der Waals surface area contributed by atoms with Crippen molar-refractivity contribution in [1.29, 1.82) is 0 Å². The summed E-state index contributed by atoms with van der Waals surface area (Å²) in [5.74, 6) is 0. The first-order chi connectivity index (χ1) is 11.9. The molecule has 0 aliphatic rings. The molecule has 0 bridgehead atoms. The van der Waals surface area contributed by atoms with Crippen molar-refractivity contribution < 1.29 is 4.42 Å². The summed E-state index contributed by atoms with van der Waals surface area (Å²) in [4.78, 5) is 3.95. The zero-order chi connectivity index (χ0) is 16.4. The van der Waals surface area contributed by atoms with E-state index in [1.54, 1.807) is 0 Å². The minimum absolute atomic E-state index is 0.845. The number of para-hydroxylation sites is 4. The van der Waals surface area contributed by atoms with E-state index in [4.69, 9.17) is 4.42 Å². The van der Waals surface area contributed by atoms with Gasteiger partial charge in [-0.25, -0.2) is 4.98 Å². The maximum Gasteiger partial charge on any atom is 0.181 e. The Balaban J connectivity index is 0.000000138. The summed E-state index contributed by atoms with van der Waals surface area (Å²) < 4.78 is 7.14. The van der Waals surface area contributed by atoms with Gasteiger partial charge in [0, 0.05) is 17.0 Å². The predicted molar refractivity (Wildman–Crippen MR) is 99.8 cm³/mol. The molecule has 0 radical (unpaired) electrons. The lowest BCUT2D eigenvalue weighted by Gasteiger charge is -1.97. The van der Waals surface area contributed by atoms with Gasteiger partial charge in [0.2, 0.25) is 0 Å². The van der Waals surface area contributed by atoms with E-state index in [1.165, 1.54) is 28.2 Å². The molecule has 3 aromatic carbocycles. The third-order valence-corrected chi connectivity index (χ3v) is 4.04. The molecule has 0 aliphatic heterocycles. The second kappa shape index (κ2) is 6.05. The minimum Gasteiger partial charge on any atom is -0.443 e. The van der Waals surface area contributed by atoms with Gasteiger partial charge in [-0.3, -0.25) is 0 Å². The van der Waals surface area contributed by atoms with Gasteiger partial charge in [0.15, 0.2) is 12.0 Å². The molecule has 3 heteroatoms. The van der Waals surface area contributed by atoms with Crippen molar-refractivity contribution in [3.8, 4) is 0 Å². The highest BCUT2D eigenvalue weighted by molar-refractivity contribution is 6.09. The van der Waals surface area contributed by atoms with Crippen LogP contribution in [0.2, 0.25) is 0 Å². The second-order valence-corrected chi connectivity index (χ2v) is 5.41. The molecule has 2 aromatic heterocycles. The van der Waals surface area contributed by atoms with Crippen molar-refractivity contribution in [3.05, 3.63) is 85.8 Å². The summed E-state index contributed by atoms with van der Waals surface area (Å²) in [7, 11) is 0. The molecule has 0 unspecified atom stereocenters. The number of rotatable bonds is 1. The lowest BCUT2D eigenvalue weighted by molar-refractivity contribution is 0.602. The van der Waals surface area contributed by atoms with Crippen LogP contribution in [0.3, 0.4) is 0 Å². The molecule has 5 aromatic rings. The van der Waals surface area contributed by atoms with Crippen molar-refractivity contribution in [1.82, 2.24) is 9.55 Å². The molecule has 2 heterocycles. The molecule has 5 rings (SSSR count). The first kappa shape index (κ1) is 14.3. The van der Waals surface area contributed by atoms with Gasteiger partial charge in [-0.05, 0) is 24.3 Å². The molecule has 0 saturated carbocycles. The number of benzene rings is 3. The van der Waals surface area contributed by atoms with Crippen LogP contribution in [0.4, 0.5) is 0 Å². The first-order valence-electron chi connectivity index (χ1n) is 7.77. The highest BCUT2D eigenvalue weighted by Crippen LogP contribution is 2.28. The molecular formula is C21H16N2O. The maximum absolute atomic E-state index is 5.01. The fraction of sp³-hybridized carbons (Fsp3) is 0. The van der Waals surface area contributed by atoms with Gasteiger partial charge in [-0.2, -0.15) is 0 Å². The van der Waals surface area contributed by atoms with E-state index in [9.17, 15) is 0 Å². The van der Waals surface area contributed by atoms with E-state index in [1.807, 2.05) is 30.5 Å². The zero-order valence-corrected chi connectivity index (χ0v) is 13.1. The Morgan fingerprint density at radius 1 is 0.792 bits per heavy atom. The van der Waals surface area contributed by atoms with Crippen LogP contribution in [-0.4, -0.2) is 9.55 Å². The lowest BCUT2D eigenvalue weighted by Crippen LogP contribution is -1.82. The van der Waals surface area contributed by atoms with Crippen molar-refractivity contribution in [2.24, 2.45) is 0 Å². The molecule has 0 fully saturated rings. The zero-order valence-electron chi connectivity index (χ0n) is 13.1. The number of oxazole rings is 1. The van der Waals surface area contributed by atoms with Crippen LogP contribution in [0.15, 0.2) is 90.2 Å². The summed E-state index contributed by atoms with van der Waals surface area (Å²) in [6, 6.07) is 24.5. The average molecular weight is 312 g/mol. The molecule has 3 nitrogen and oxygen atoms in total. The third-order valence-electron chi connectivity index (χ3n) is 4.04. The quantitative estimate of drug-likeness (QED) is 0.396. The van der Waals surface area contributed by atoms with Crippen LogP contribution >= 0.6 is 0 Å². The van der Waals surface area contributed by atoms with Gasteiger partial charge in [-0.1, -0.05) is 55.1 Å². The van der Waals surface area contributed by atoms with Crippen LogP contribution < -0.4 is 0 Å². The van der Waals surface area contributed by atoms with E-state index >= 15 is 0 Å². The Morgan fingerprint density at radius 3 is 2.00 bits per heavy atom.